The standard InChI is InChI=1S/C12H11N3O3/c1-17-6-2-3-7-8(5-13)10(11(14)16)12(15)18-9(7)4-6/h2-4,8H,15H2,1H3,(H2,14,16). The van der Waals surface area contributed by atoms with Crippen molar-refractivity contribution in [3.63, 3.8) is 0 Å². The molecule has 1 aliphatic rings. The Labute approximate surface area is 103 Å². The van der Waals surface area contributed by atoms with Gasteiger partial charge in [0, 0.05) is 11.6 Å². The molecule has 1 heterocycles. The van der Waals surface area contributed by atoms with Crippen molar-refractivity contribution in [1.82, 2.24) is 0 Å². The van der Waals surface area contributed by atoms with Gasteiger partial charge in [-0.25, -0.2) is 0 Å². The van der Waals surface area contributed by atoms with Gasteiger partial charge in [0.1, 0.15) is 17.4 Å². The summed E-state index contributed by atoms with van der Waals surface area (Å²) in [6.45, 7) is 0. The first kappa shape index (κ1) is 11.8. The van der Waals surface area contributed by atoms with Crippen LogP contribution < -0.4 is 20.9 Å². The summed E-state index contributed by atoms with van der Waals surface area (Å²) in [5.41, 5.74) is 11.3. The zero-order valence-electron chi connectivity index (χ0n) is 9.64. The van der Waals surface area contributed by atoms with Crippen molar-refractivity contribution in [3.8, 4) is 17.6 Å². The highest BCUT2D eigenvalue weighted by atomic mass is 16.5. The van der Waals surface area contributed by atoms with Crippen LogP contribution in [0, 0.1) is 11.3 Å². The van der Waals surface area contributed by atoms with Crippen molar-refractivity contribution in [2.75, 3.05) is 7.11 Å². The number of nitrogens with zero attached hydrogens (tertiary/aromatic N) is 1. The lowest BCUT2D eigenvalue weighted by molar-refractivity contribution is -0.115. The number of carbonyl (C=O) groups is 1. The maximum absolute atomic E-state index is 11.3. The van der Waals surface area contributed by atoms with Gasteiger partial charge in [-0.2, -0.15) is 5.26 Å². The highest BCUT2D eigenvalue weighted by Gasteiger charge is 2.32. The molecule has 0 aromatic heterocycles. The van der Waals surface area contributed by atoms with E-state index in [-0.39, 0.29) is 11.5 Å². The highest BCUT2D eigenvalue weighted by molar-refractivity contribution is 5.95. The fraction of sp³-hybridized carbons (Fsp3) is 0.167. The van der Waals surface area contributed by atoms with Gasteiger partial charge in [0.2, 0.25) is 5.88 Å². The Morgan fingerprint density at radius 3 is 2.83 bits per heavy atom. The zero-order chi connectivity index (χ0) is 13.3. The number of benzene rings is 1. The van der Waals surface area contributed by atoms with Crippen LogP contribution in [0.5, 0.6) is 11.5 Å². The van der Waals surface area contributed by atoms with Crippen molar-refractivity contribution in [1.29, 1.82) is 5.26 Å². The molecule has 18 heavy (non-hydrogen) atoms. The number of carbonyl (C=O) groups excluding carboxylic acids is 1. The Morgan fingerprint density at radius 1 is 1.56 bits per heavy atom. The summed E-state index contributed by atoms with van der Waals surface area (Å²) >= 11 is 0. The molecule has 92 valence electrons. The summed E-state index contributed by atoms with van der Waals surface area (Å²) < 4.78 is 10.4. The van der Waals surface area contributed by atoms with Crippen LogP contribution in [0.3, 0.4) is 0 Å². The first-order chi connectivity index (χ1) is 8.58. The summed E-state index contributed by atoms with van der Waals surface area (Å²) in [6, 6.07) is 6.92. The lowest BCUT2D eigenvalue weighted by Gasteiger charge is -2.23. The van der Waals surface area contributed by atoms with E-state index in [1.165, 1.54) is 7.11 Å². The molecule has 1 aromatic rings. The number of ether oxygens (including phenoxy) is 2. The molecular formula is C12H11N3O3. The predicted molar refractivity (Wildman–Crippen MR) is 62.4 cm³/mol. The van der Waals surface area contributed by atoms with Gasteiger partial charge in [-0.05, 0) is 12.1 Å². The number of rotatable bonds is 2. The molecule has 1 atom stereocenters. The van der Waals surface area contributed by atoms with Crippen LogP contribution in [0.1, 0.15) is 11.5 Å². The number of methoxy groups -OCH3 is 1. The average Bonchev–Trinajstić information content (AvgIpc) is 2.35. The number of hydrogen-bond acceptors (Lipinski definition) is 5. The summed E-state index contributed by atoms with van der Waals surface area (Å²) in [7, 11) is 1.51. The maximum Gasteiger partial charge on any atom is 0.251 e. The van der Waals surface area contributed by atoms with Gasteiger partial charge in [0.05, 0.1) is 18.8 Å². The number of amides is 1. The minimum Gasteiger partial charge on any atom is -0.497 e. The van der Waals surface area contributed by atoms with Crippen LogP contribution in [0.2, 0.25) is 0 Å². The minimum absolute atomic E-state index is 0.0184. The quantitative estimate of drug-likeness (QED) is 0.780. The Hall–Kier alpha value is -2.68. The molecule has 0 bridgehead atoms. The maximum atomic E-state index is 11.3. The molecule has 0 radical (unpaired) electrons. The molecule has 2 rings (SSSR count). The first-order valence-corrected chi connectivity index (χ1v) is 5.13. The van der Waals surface area contributed by atoms with Gasteiger partial charge in [-0.15, -0.1) is 0 Å². The lowest BCUT2D eigenvalue weighted by atomic mass is 9.89. The van der Waals surface area contributed by atoms with Crippen LogP contribution in [-0.2, 0) is 4.79 Å². The summed E-state index contributed by atoms with van der Waals surface area (Å²) in [6.07, 6.45) is 0. The molecule has 0 fully saturated rings. The second kappa shape index (κ2) is 4.30. The normalized spacial score (nSPS) is 17.4. The van der Waals surface area contributed by atoms with Crippen molar-refractivity contribution in [3.05, 3.63) is 35.2 Å². The van der Waals surface area contributed by atoms with E-state index in [1.807, 2.05) is 6.07 Å². The van der Waals surface area contributed by atoms with E-state index in [1.54, 1.807) is 18.2 Å². The van der Waals surface area contributed by atoms with E-state index in [0.717, 1.165) is 0 Å². The number of fused-ring (bicyclic) bond motifs is 1. The van der Waals surface area contributed by atoms with Gasteiger partial charge in [0.25, 0.3) is 5.91 Å². The van der Waals surface area contributed by atoms with E-state index in [9.17, 15) is 4.79 Å². The molecule has 1 aliphatic heterocycles. The van der Waals surface area contributed by atoms with Gasteiger partial charge < -0.3 is 20.9 Å². The number of hydrogen-bond donors (Lipinski definition) is 2. The Balaban J connectivity index is 2.57. The van der Waals surface area contributed by atoms with Crippen molar-refractivity contribution in [2.45, 2.75) is 5.92 Å². The highest BCUT2D eigenvalue weighted by Crippen LogP contribution is 2.39. The third-order valence-electron chi connectivity index (χ3n) is 2.70. The molecule has 0 aliphatic carbocycles. The third-order valence-corrected chi connectivity index (χ3v) is 2.70. The topological polar surface area (TPSA) is 111 Å². The first-order valence-electron chi connectivity index (χ1n) is 5.13. The lowest BCUT2D eigenvalue weighted by Crippen LogP contribution is -2.28. The fourth-order valence-corrected chi connectivity index (χ4v) is 1.84. The van der Waals surface area contributed by atoms with Gasteiger partial charge >= 0.3 is 0 Å². The molecule has 1 unspecified atom stereocenters. The Morgan fingerprint density at radius 2 is 2.28 bits per heavy atom. The molecule has 1 aromatic carbocycles. The molecule has 4 N–H and O–H groups in total. The molecule has 0 spiro atoms. The molecule has 0 saturated carbocycles. The number of nitrogens with two attached hydrogens (primary N) is 2. The van der Waals surface area contributed by atoms with Gasteiger partial charge in [-0.3, -0.25) is 4.79 Å². The summed E-state index contributed by atoms with van der Waals surface area (Å²) in [4.78, 5) is 11.3. The van der Waals surface area contributed by atoms with Crippen molar-refractivity contribution < 1.29 is 14.3 Å². The Kier molecular flexibility index (Phi) is 2.81. The monoisotopic (exact) mass is 245 g/mol. The van der Waals surface area contributed by atoms with E-state index in [4.69, 9.17) is 26.2 Å². The van der Waals surface area contributed by atoms with Crippen molar-refractivity contribution >= 4 is 5.91 Å². The van der Waals surface area contributed by atoms with E-state index >= 15 is 0 Å². The van der Waals surface area contributed by atoms with Crippen LogP contribution in [0.4, 0.5) is 0 Å². The van der Waals surface area contributed by atoms with E-state index in [2.05, 4.69) is 0 Å². The summed E-state index contributed by atoms with van der Waals surface area (Å²) in [5.74, 6) is -0.767. The van der Waals surface area contributed by atoms with Crippen LogP contribution >= 0.6 is 0 Å². The molecule has 6 heteroatoms. The predicted octanol–water partition coefficient (Wildman–Crippen LogP) is 0.350. The molecule has 6 nitrogen and oxygen atoms in total. The Bertz CT molecular complexity index is 587. The average molecular weight is 245 g/mol. The van der Waals surface area contributed by atoms with Crippen LogP contribution in [0.15, 0.2) is 29.7 Å². The number of primary amides is 1. The van der Waals surface area contributed by atoms with Gasteiger partial charge in [-0.1, -0.05) is 0 Å². The van der Waals surface area contributed by atoms with E-state index in [0.29, 0.717) is 17.1 Å². The second-order valence-corrected chi connectivity index (χ2v) is 3.71. The largest absolute Gasteiger partial charge is 0.497 e. The number of nitriles is 1. The molecule has 1 amide bonds. The van der Waals surface area contributed by atoms with Gasteiger partial charge in [0.15, 0.2) is 0 Å². The SMILES string of the molecule is COc1ccc2c(c1)OC(N)=C(C(N)=O)C2C#N. The fourth-order valence-electron chi connectivity index (χ4n) is 1.84. The van der Waals surface area contributed by atoms with Crippen molar-refractivity contribution in [2.24, 2.45) is 11.5 Å². The molecule has 0 saturated heterocycles. The third kappa shape index (κ3) is 1.72. The van der Waals surface area contributed by atoms with E-state index < -0.39 is 11.8 Å². The second-order valence-electron chi connectivity index (χ2n) is 3.71. The molecular weight excluding hydrogens is 234 g/mol. The zero-order valence-corrected chi connectivity index (χ0v) is 9.64. The van der Waals surface area contributed by atoms with Crippen LogP contribution in [-0.4, -0.2) is 13.0 Å². The van der Waals surface area contributed by atoms with Crippen LogP contribution in [0.25, 0.3) is 0 Å². The smallest absolute Gasteiger partial charge is 0.251 e. The minimum atomic E-state index is -0.822. The summed E-state index contributed by atoms with van der Waals surface area (Å²) in [5, 5.41) is 9.17.